The van der Waals surface area contributed by atoms with E-state index in [2.05, 4.69) is 15.4 Å². The zero-order valence-corrected chi connectivity index (χ0v) is 21.7. The number of para-hydroxylation sites is 1. The maximum Gasteiger partial charge on any atom is 0.256 e. The van der Waals surface area contributed by atoms with E-state index in [1.54, 1.807) is 0 Å². The molecule has 0 unspecified atom stereocenters. The predicted octanol–water partition coefficient (Wildman–Crippen LogP) is 4.76. The van der Waals surface area contributed by atoms with Gasteiger partial charge in [-0.1, -0.05) is 24.3 Å². The van der Waals surface area contributed by atoms with Gasteiger partial charge in [0.2, 0.25) is 0 Å². The van der Waals surface area contributed by atoms with Crippen molar-refractivity contribution in [3.05, 3.63) is 88.5 Å². The quantitative estimate of drug-likeness (QED) is 0.390. The van der Waals surface area contributed by atoms with E-state index in [0.29, 0.717) is 37.4 Å². The van der Waals surface area contributed by atoms with Crippen molar-refractivity contribution in [2.24, 2.45) is 0 Å². The maximum atomic E-state index is 13.2. The van der Waals surface area contributed by atoms with E-state index >= 15 is 0 Å². The molecule has 4 aromatic rings. The van der Waals surface area contributed by atoms with E-state index in [0.717, 1.165) is 50.7 Å². The number of aryl methyl sites for hydroxylation is 1. The van der Waals surface area contributed by atoms with Gasteiger partial charge in [0.1, 0.15) is 0 Å². The Balaban J connectivity index is 1.36. The van der Waals surface area contributed by atoms with Crippen LogP contribution in [0.15, 0.2) is 54.7 Å². The summed E-state index contributed by atoms with van der Waals surface area (Å²) in [5.74, 6) is -0.171. The smallest absolute Gasteiger partial charge is 0.256 e. The maximum absolute atomic E-state index is 13.2. The number of carbonyl (C=O) groups excluding carboxylic acids is 2. The van der Waals surface area contributed by atoms with Crippen molar-refractivity contribution < 1.29 is 14.3 Å². The molecule has 38 heavy (non-hydrogen) atoms. The van der Waals surface area contributed by atoms with Crippen LogP contribution in [-0.2, 0) is 9.53 Å². The minimum atomic E-state index is -0.165. The molecule has 1 saturated heterocycles. The number of anilines is 1. The number of rotatable bonds is 4. The Morgan fingerprint density at radius 3 is 2.55 bits per heavy atom. The highest BCUT2D eigenvalue weighted by Gasteiger charge is 2.28. The first-order valence-electron chi connectivity index (χ1n) is 12.8. The number of amides is 2. The number of benzene rings is 2. The third kappa shape index (κ3) is 4.03. The molecule has 2 aliphatic rings. The van der Waals surface area contributed by atoms with Crippen molar-refractivity contribution in [1.29, 1.82) is 0 Å². The number of hydrogen-bond acceptors (Lipinski definition) is 4. The molecule has 8 heteroatoms. The van der Waals surface area contributed by atoms with E-state index in [1.807, 2.05) is 91.2 Å². The van der Waals surface area contributed by atoms with Crippen LogP contribution < -0.4 is 5.32 Å². The predicted molar refractivity (Wildman–Crippen MR) is 147 cm³/mol. The number of nitrogens with one attached hydrogen (secondary N) is 2. The fraction of sp³-hybridized carbons (Fsp3) is 0.233. The van der Waals surface area contributed by atoms with Gasteiger partial charge in [0.15, 0.2) is 0 Å². The summed E-state index contributed by atoms with van der Waals surface area (Å²) in [4.78, 5) is 31.4. The first-order chi connectivity index (χ1) is 18.4. The van der Waals surface area contributed by atoms with Gasteiger partial charge >= 0.3 is 0 Å². The summed E-state index contributed by atoms with van der Waals surface area (Å²) >= 11 is 0. The highest BCUT2D eigenvalue weighted by molar-refractivity contribution is 6.35. The molecular weight excluding hydrogens is 478 g/mol. The van der Waals surface area contributed by atoms with Crippen molar-refractivity contribution in [2.75, 3.05) is 31.6 Å². The number of H-pyrrole nitrogens is 1. The first-order valence-corrected chi connectivity index (χ1v) is 12.8. The van der Waals surface area contributed by atoms with Gasteiger partial charge in [0.05, 0.1) is 36.2 Å². The topological polar surface area (TPSA) is 92.2 Å². The number of aromatic amines is 1. The molecule has 2 N–H and O–H groups in total. The summed E-state index contributed by atoms with van der Waals surface area (Å²) in [6, 6.07) is 16.0. The Morgan fingerprint density at radius 2 is 1.79 bits per heavy atom. The molecule has 8 nitrogen and oxygen atoms in total. The molecule has 0 radical (unpaired) electrons. The molecule has 4 heterocycles. The van der Waals surface area contributed by atoms with Gasteiger partial charge in [-0.3, -0.25) is 9.59 Å². The summed E-state index contributed by atoms with van der Waals surface area (Å²) in [6.07, 6.45) is 3.71. The summed E-state index contributed by atoms with van der Waals surface area (Å²) < 4.78 is 7.31. The third-order valence-corrected chi connectivity index (χ3v) is 7.40. The minimum Gasteiger partial charge on any atom is -0.378 e. The second-order valence-corrected chi connectivity index (χ2v) is 9.73. The minimum absolute atomic E-state index is 0.00587. The van der Waals surface area contributed by atoms with Crippen LogP contribution in [0.25, 0.3) is 28.5 Å². The number of ether oxygens (including phenoxy) is 1. The largest absolute Gasteiger partial charge is 0.378 e. The first kappa shape index (κ1) is 23.9. The molecule has 192 valence electrons. The monoisotopic (exact) mass is 507 g/mol. The van der Waals surface area contributed by atoms with Crippen LogP contribution in [0.4, 0.5) is 5.69 Å². The lowest BCUT2D eigenvalue weighted by Crippen LogP contribution is -2.41. The van der Waals surface area contributed by atoms with Crippen LogP contribution in [0.1, 0.15) is 38.6 Å². The average Bonchev–Trinajstić information content (AvgIpc) is 3.56. The van der Waals surface area contributed by atoms with E-state index in [1.165, 1.54) is 0 Å². The van der Waals surface area contributed by atoms with Crippen molar-refractivity contribution in [3.8, 4) is 16.8 Å². The van der Waals surface area contributed by atoms with Crippen LogP contribution in [0.3, 0.4) is 0 Å². The standard InChI is InChI=1S/C30H29N5O3/c1-18-27(32-19(2)28(18)30(37)34-11-13-38-14-12-34)16-24-23-15-21(9-10-26(23)33-29(24)36)25-17-31-35(20(25)3)22-7-5-4-6-8-22/h4-10,15-17,32H,11-14H2,1-3H3,(H,33,36)/b24-16-. The molecule has 2 amide bonds. The fourth-order valence-corrected chi connectivity index (χ4v) is 5.33. The Morgan fingerprint density at radius 1 is 1.03 bits per heavy atom. The molecule has 0 aliphatic carbocycles. The average molecular weight is 508 g/mol. The lowest BCUT2D eigenvalue weighted by Gasteiger charge is -2.27. The van der Waals surface area contributed by atoms with E-state index in [4.69, 9.17) is 4.74 Å². The van der Waals surface area contributed by atoms with Gasteiger partial charge in [-0.25, -0.2) is 4.68 Å². The summed E-state index contributed by atoms with van der Waals surface area (Å²) in [6.45, 7) is 8.13. The van der Waals surface area contributed by atoms with Crippen molar-refractivity contribution in [1.82, 2.24) is 19.7 Å². The molecule has 0 atom stereocenters. The van der Waals surface area contributed by atoms with Crippen LogP contribution in [0, 0.1) is 20.8 Å². The highest BCUT2D eigenvalue weighted by atomic mass is 16.5. The van der Waals surface area contributed by atoms with Crippen LogP contribution in [0.5, 0.6) is 0 Å². The number of nitrogens with zero attached hydrogens (tertiary/aromatic N) is 3. The van der Waals surface area contributed by atoms with Gasteiger partial charge in [-0.2, -0.15) is 5.10 Å². The van der Waals surface area contributed by atoms with Gasteiger partial charge in [0.25, 0.3) is 11.8 Å². The molecule has 2 aliphatic heterocycles. The summed E-state index contributed by atoms with van der Waals surface area (Å²) in [5.41, 5.74) is 9.20. The SMILES string of the molecule is Cc1[nH]c(/C=C2\C(=O)Nc3ccc(-c4cnn(-c5ccccc5)c4C)cc32)c(C)c1C(=O)N1CCOCC1. The van der Waals surface area contributed by atoms with Gasteiger partial charge in [-0.15, -0.1) is 0 Å². The Kier molecular flexibility index (Phi) is 5.96. The molecule has 2 aromatic carbocycles. The van der Waals surface area contributed by atoms with Crippen LogP contribution >= 0.6 is 0 Å². The summed E-state index contributed by atoms with van der Waals surface area (Å²) in [5, 5.41) is 7.58. The van der Waals surface area contributed by atoms with Gasteiger partial charge in [-0.05, 0) is 62.2 Å². The van der Waals surface area contributed by atoms with Crippen molar-refractivity contribution in [2.45, 2.75) is 20.8 Å². The molecule has 2 aromatic heterocycles. The second kappa shape index (κ2) is 9.46. The van der Waals surface area contributed by atoms with Crippen LogP contribution in [0.2, 0.25) is 0 Å². The molecular formula is C30H29N5O3. The Bertz CT molecular complexity index is 1590. The Labute approximate surface area is 220 Å². The zero-order valence-electron chi connectivity index (χ0n) is 21.7. The highest BCUT2D eigenvalue weighted by Crippen LogP contribution is 2.38. The zero-order chi connectivity index (χ0) is 26.4. The van der Waals surface area contributed by atoms with E-state index < -0.39 is 0 Å². The molecule has 0 saturated carbocycles. The second-order valence-electron chi connectivity index (χ2n) is 9.73. The summed E-state index contributed by atoms with van der Waals surface area (Å²) in [7, 11) is 0. The normalized spacial score (nSPS) is 16.1. The number of morpholine rings is 1. The van der Waals surface area contributed by atoms with Gasteiger partial charge in [0, 0.05) is 47.0 Å². The molecule has 6 rings (SSSR count). The van der Waals surface area contributed by atoms with Crippen molar-refractivity contribution in [3.63, 3.8) is 0 Å². The molecule has 0 spiro atoms. The van der Waals surface area contributed by atoms with E-state index in [9.17, 15) is 9.59 Å². The van der Waals surface area contributed by atoms with E-state index in [-0.39, 0.29) is 11.8 Å². The Hall–Kier alpha value is -4.43. The number of carbonyl (C=O) groups is 2. The third-order valence-electron chi connectivity index (χ3n) is 7.40. The lowest BCUT2D eigenvalue weighted by atomic mass is 9.98. The van der Waals surface area contributed by atoms with Gasteiger partial charge < -0.3 is 19.9 Å². The lowest BCUT2D eigenvalue weighted by molar-refractivity contribution is -0.110. The molecule has 1 fully saturated rings. The number of aromatic nitrogens is 3. The number of hydrogen-bond donors (Lipinski definition) is 2. The fourth-order valence-electron chi connectivity index (χ4n) is 5.33. The van der Waals surface area contributed by atoms with Crippen LogP contribution in [-0.4, -0.2) is 57.8 Å². The molecule has 0 bridgehead atoms. The van der Waals surface area contributed by atoms with Crippen molar-refractivity contribution >= 4 is 29.2 Å². The number of fused-ring (bicyclic) bond motifs is 1.